The Labute approximate surface area is 148 Å². The summed E-state index contributed by atoms with van der Waals surface area (Å²) in [5, 5.41) is 5.93. The highest BCUT2D eigenvalue weighted by atomic mass is 32.1. The normalized spacial score (nSPS) is 11.5. The van der Waals surface area contributed by atoms with Gasteiger partial charge in [0, 0.05) is 11.3 Å². The Bertz CT molecular complexity index is 714. The molecule has 2 rings (SSSR count). The van der Waals surface area contributed by atoms with E-state index in [1.54, 1.807) is 18.2 Å². The molecule has 1 amide bonds. The lowest BCUT2D eigenvalue weighted by Gasteiger charge is -2.14. The van der Waals surface area contributed by atoms with Crippen LogP contribution in [0.2, 0.25) is 0 Å². The third-order valence-electron chi connectivity index (χ3n) is 3.54. The minimum Gasteiger partial charge on any atom is -0.491 e. The van der Waals surface area contributed by atoms with E-state index in [-0.39, 0.29) is 17.1 Å². The zero-order chi connectivity index (χ0) is 17.5. The number of ether oxygens (including phenoxy) is 1. The SMILES string of the molecule is CCC(C)Oc1cccc(C(=O)NC(=S)Nc2ccc(C)cc2)c1. The van der Waals surface area contributed by atoms with Gasteiger partial charge in [0.05, 0.1) is 6.10 Å². The van der Waals surface area contributed by atoms with Crippen LogP contribution < -0.4 is 15.4 Å². The van der Waals surface area contributed by atoms with Crippen molar-refractivity contribution < 1.29 is 9.53 Å². The number of aryl methyl sites for hydroxylation is 1. The van der Waals surface area contributed by atoms with Crippen molar-refractivity contribution in [2.75, 3.05) is 5.32 Å². The fraction of sp³-hybridized carbons (Fsp3) is 0.263. The third kappa shape index (κ3) is 5.35. The van der Waals surface area contributed by atoms with Crippen LogP contribution in [0.15, 0.2) is 48.5 Å². The lowest BCUT2D eigenvalue weighted by Crippen LogP contribution is -2.34. The average molecular weight is 342 g/mol. The third-order valence-corrected chi connectivity index (χ3v) is 3.75. The van der Waals surface area contributed by atoms with Crippen molar-refractivity contribution >= 4 is 28.9 Å². The number of thiocarbonyl (C=S) groups is 1. The summed E-state index contributed by atoms with van der Waals surface area (Å²) >= 11 is 5.19. The van der Waals surface area contributed by atoms with Crippen LogP contribution in [0.5, 0.6) is 5.75 Å². The van der Waals surface area contributed by atoms with E-state index in [4.69, 9.17) is 17.0 Å². The first-order valence-corrected chi connectivity index (χ1v) is 8.34. The van der Waals surface area contributed by atoms with Crippen molar-refractivity contribution in [1.82, 2.24) is 5.32 Å². The molecule has 1 unspecified atom stereocenters. The van der Waals surface area contributed by atoms with Gasteiger partial charge in [0.25, 0.3) is 5.91 Å². The molecule has 0 aliphatic rings. The molecule has 0 aliphatic carbocycles. The van der Waals surface area contributed by atoms with Crippen LogP contribution in [0.4, 0.5) is 5.69 Å². The summed E-state index contributed by atoms with van der Waals surface area (Å²) in [6, 6.07) is 14.9. The number of nitrogens with one attached hydrogen (secondary N) is 2. The highest BCUT2D eigenvalue weighted by molar-refractivity contribution is 7.80. The van der Waals surface area contributed by atoms with Crippen LogP contribution in [0.1, 0.15) is 36.2 Å². The monoisotopic (exact) mass is 342 g/mol. The van der Waals surface area contributed by atoms with E-state index in [1.807, 2.05) is 44.2 Å². The first-order valence-electron chi connectivity index (χ1n) is 7.93. The van der Waals surface area contributed by atoms with E-state index in [0.29, 0.717) is 11.3 Å². The molecule has 0 radical (unpaired) electrons. The van der Waals surface area contributed by atoms with Crippen LogP contribution >= 0.6 is 12.2 Å². The van der Waals surface area contributed by atoms with Gasteiger partial charge in [-0.25, -0.2) is 0 Å². The molecular formula is C19H22N2O2S. The average Bonchev–Trinajstić information content (AvgIpc) is 2.57. The molecule has 0 heterocycles. The predicted molar refractivity (Wildman–Crippen MR) is 102 cm³/mol. The molecule has 2 aromatic rings. The van der Waals surface area contributed by atoms with Gasteiger partial charge in [0.15, 0.2) is 5.11 Å². The van der Waals surface area contributed by atoms with E-state index in [0.717, 1.165) is 17.7 Å². The quantitative estimate of drug-likeness (QED) is 0.796. The zero-order valence-corrected chi connectivity index (χ0v) is 14.9. The second-order valence-electron chi connectivity index (χ2n) is 5.64. The second-order valence-corrected chi connectivity index (χ2v) is 6.05. The van der Waals surface area contributed by atoms with Crippen LogP contribution in [-0.4, -0.2) is 17.1 Å². The Kier molecular flexibility index (Phi) is 6.32. The Hall–Kier alpha value is -2.40. The van der Waals surface area contributed by atoms with Gasteiger partial charge in [0.2, 0.25) is 0 Å². The van der Waals surface area contributed by atoms with Gasteiger partial charge in [-0.1, -0.05) is 30.7 Å². The molecule has 0 fully saturated rings. The minimum atomic E-state index is -0.269. The van der Waals surface area contributed by atoms with E-state index < -0.39 is 0 Å². The van der Waals surface area contributed by atoms with E-state index in [9.17, 15) is 4.79 Å². The molecule has 0 aromatic heterocycles. The summed E-state index contributed by atoms with van der Waals surface area (Å²) in [5.74, 6) is 0.406. The number of benzene rings is 2. The van der Waals surface area contributed by atoms with Crippen LogP contribution in [-0.2, 0) is 0 Å². The minimum absolute atomic E-state index is 0.104. The van der Waals surface area contributed by atoms with Crippen molar-refractivity contribution in [2.24, 2.45) is 0 Å². The number of anilines is 1. The molecule has 5 heteroatoms. The Morgan fingerprint density at radius 1 is 1.21 bits per heavy atom. The fourth-order valence-electron chi connectivity index (χ4n) is 2.00. The van der Waals surface area contributed by atoms with Crippen molar-refractivity contribution in [2.45, 2.75) is 33.3 Å². The van der Waals surface area contributed by atoms with Crippen molar-refractivity contribution in [3.8, 4) is 5.75 Å². The van der Waals surface area contributed by atoms with Crippen LogP contribution in [0.3, 0.4) is 0 Å². The van der Waals surface area contributed by atoms with Gasteiger partial charge in [-0.05, 0) is 62.8 Å². The number of carbonyl (C=O) groups is 1. The highest BCUT2D eigenvalue weighted by Crippen LogP contribution is 2.16. The maximum absolute atomic E-state index is 12.3. The molecule has 126 valence electrons. The summed E-state index contributed by atoms with van der Waals surface area (Å²) in [5.41, 5.74) is 2.50. The summed E-state index contributed by atoms with van der Waals surface area (Å²) in [7, 11) is 0. The molecule has 0 bridgehead atoms. The molecule has 4 nitrogen and oxygen atoms in total. The molecule has 2 N–H and O–H groups in total. The van der Waals surface area contributed by atoms with Gasteiger partial charge in [0.1, 0.15) is 5.75 Å². The van der Waals surface area contributed by atoms with Crippen molar-refractivity contribution in [1.29, 1.82) is 0 Å². The van der Waals surface area contributed by atoms with Gasteiger partial charge in [-0.15, -0.1) is 0 Å². The lowest BCUT2D eigenvalue weighted by atomic mass is 10.2. The molecule has 0 saturated carbocycles. The largest absolute Gasteiger partial charge is 0.491 e. The summed E-state index contributed by atoms with van der Waals surface area (Å²) in [4.78, 5) is 12.3. The van der Waals surface area contributed by atoms with Crippen molar-refractivity contribution in [3.05, 3.63) is 59.7 Å². The van der Waals surface area contributed by atoms with Crippen molar-refractivity contribution in [3.63, 3.8) is 0 Å². The first-order chi connectivity index (χ1) is 11.5. The van der Waals surface area contributed by atoms with E-state index >= 15 is 0 Å². The second kappa shape index (κ2) is 8.45. The Balaban J connectivity index is 1.97. The van der Waals surface area contributed by atoms with E-state index in [1.165, 1.54) is 0 Å². The molecule has 0 saturated heterocycles. The number of amides is 1. The maximum atomic E-state index is 12.3. The summed E-state index contributed by atoms with van der Waals surface area (Å²) in [6.45, 7) is 6.06. The number of carbonyl (C=O) groups excluding carboxylic acids is 1. The number of hydrogen-bond donors (Lipinski definition) is 2. The van der Waals surface area contributed by atoms with Crippen LogP contribution in [0, 0.1) is 6.92 Å². The smallest absolute Gasteiger partial charge is 0.257 e. The first kappa shape index (κ1) is 17.9. The fourth-order valence-corrected chi connectivity index (χ4v) is 2.21. The lowest BCUT2D eigenvalue weighted by molar-refractivity contribution is 0.0977. The number of rotatable bonds is 5. The summed E-state index contributed by atoms with van der Waals surface area (Å²) < 4.78 is 5.74. The molecule has 1 atom stereocenters. The predicted octanol–water partition coefficient (Wildman–Crippen LogP) is 4.30. The van der Waals surface area contributed by atoms with Gasteiger partial charge < -0.3 is 10.1 Å². The van der Waals surface area contributed by atoms with Gasteiger partial charge in [-0.2, -0.15) is 0 Å². The zero-order valence-electron chi connectivity index (χ0n) is 14.1. The molecule has 2 aromatic carbocycles. The molecule has 0 spiro atoms. The van der Waals surface area contributed by atoms with Gasteiger partial charge >= 0.3 is 0 Å². The topological polar surface area (TPSA) is 50.4 Å². The van der Waals surface area contributed by atoms with Crippen LogP contribution in [0.25, 0.3) is 0 Å². The standard InChI is InChI=1S/C19H22N2O2S/c1-4-14(3)23-17-7-5-6-15(12-17)18(22)21-19(24)20-16-10-8-13(2)9-11-16/h5-12,14H,4H2,1-3H3,(H2,20,21,22,24). The van der Waals surface area contributed by atoms with E-state index in [2.05, 4.69) is 17.6 Å². The molecule has 24 heavy (non-hydrogen) atoms. The Morgan fingerprint density at radius 3 is 2.58 bits per heavy atom. The molecule has 0 aliphatic heterocycles. The molecular weight excluding hydrogens is 320 g/mol. The van der Waals surface area contributed by atoms with Gasteiger partial charge in [-0.3, -0.25) is 10.1 Å². The summed E-state index contributed by atoms with van der Waals surface area (Å²) in [6.07, 6.45) is 1.01. The Morgan fingerprint density at radius 2 is 1.92 bits per heavy atom. The number of hydrogen-bond acceptors (Lipinski definition) is 3. The highest BCUT2D eigenvalue weighted by Gasteiger charge is 2.10. The maximum Gasteiger partial charge on any atom is 0.257 e.